The molecule has 15 heavy (non-hydrogen) atoms. The van der Waals surface area contributed by atoms with Gasteiger partial charge in [-0.15, -0.1) is 0 Å². The Bertz CT molecular complexity index is 459. The van der Waals surface area contributed by atoms with Crippen molar-refractivity contribution >= 4 is 5.65 Å². The molecule has 4 heteroatoms. The minimum absolute atomic E-state index is 0.0213. The standard InChI is InChI=1S/C11H16N4/c1-3-4-9-5-13-11-10(8(2)12)6-14-15(11)7-9/h5-8H,3-4,12H2,1-2H3. The molecule has 80 valence electrons. The lowest BCUT2D eigenvalue weighted by atomic mass is 10.2. The van der Waals surface area contributed by atoms with Gasteiger partial charge in [0.1, 0.15) is 0 Å². The van der Waals surface area contributed by atoms with E-state index in [1.54, 1.807) is 6.20 Å². The van der Waals surface area contributed by atoms with Gasteiger partial charge in [-0.3, -0.25) is 0 Å². The minimum Gasteiger partial charge on any atom is -0.324 e. The van der Waals surface area contributed by atoms with Crippen LogP contribution in [0.1, 0.15) is 37.4 Å². The molecular formula is C11H16N4. The van der Waals surface area contributed by atoms with Gasteiger partial charge in [-0.25, -0.2) is 9.50 Å². The molecule has 2 N–H and O–H groups in total. The van der Waals surface area contributed by atoms with Crippen LogP contribution in [0.5, 0.6) is 0 Å². The van der Waals surface area contributed by atoms with Crippen molar-refractivity contribution < 1.29 is 0 Å². The Morgan fingerprint density at radius 2 is 2.27 bits per heavy atom. The first kappa shape index (κ1) is 10.1. The first-order valence-electron chi connectivity index (χ1n) is 5.30. The van der Waals surface area contributed by atoms with Crippen LogP contribution in [0.4, 0.5) is 0 Å². The first-order valence-corrected chi connectivity index (χ1v) is 5.30. The number of aromatic nitrogens is 3. The van der Waals surface area contributed by atoms with Gasteiger partial charge in [0.05, 0.1) is 6.20 Å². The van der Waals surface area contributed by atoms with E-state index in [9.17, 15) is 0 Å². The maximum absolute atomic E-state index is 5.83. The highest BCUT2D eigenvalue weighted by atomic mass is 15.2. The molecule has 1 atom stereocenters. The van der Waals surface area contributed by atoms with Crippen molar-refractivity contribution in [2.45, 2.75) is 32.7 Å². The van der Waals surface area contributed by atoms with Gasteiger partial charge in [0, 0.05) is 24.0 Å². The van der Waals surface area contributed by atoms with Crippen molar-refractivity contribution in [1.82, 2.24) is 14.6 Å². The maximum atomic E-state index is 5.83. The van der Waals surface area contributed by atoms with Gasteiger partial charge in [-0.05, 0) is 18.9 Å². The van der Waals surface area contributed by atoms with Crippen LogP contribution in [-0.2, 0) is 6.42 Å². The molecule has 4 nitrogen and oxygen atoms in total. The van der Waals surface area contributed by atoms with Crippen LogP contribution in [0.3, 0.4) is 0 Å². The van der Waals surface area contributed by atoms with E-state index < -0.39 is 0 Å². The molecule has 2 aromatic rings. The van der Waals surface area contributed by atoms with E-state index in [-0.39, 0.29) is 6.04 Å². The quantitative estimate of drug-likeness (QED) is 0.828. The highest BCUT2D eigenvalue weighted by Gasteiger charge is 2.09. The molecule has 0 saturated carbocycles. The number of fused-ring (bicyclic) bond motifs is 1. The summed E-state index contributed by atoms with van der Waals surface area (Å²) in [5.74, 6) is 0. The summed E-state index contributed by atoms with van der Waals surface area (Å²) in [5.41, 5.74) is 8.90. The summed E-state index contributed by atoms with van der Waals surface area (Å²) >= 11 is 0. The molecule has 0 spiro atoms. The lowest BCUT2D eigenvalue weighted by Crippen LogP contribution is -2.05. The van der Waals surface area contributed by atoms with Crippen molar-refractivity contribution in [3.63, 3.8) is 0 Å². The molecule has 0 amide bonds. The Hall–Kier alpha value is -1.42. The Labute approximate surface area is 89.1 Å². The van der Waals surface area contributed by atoms with Gasteiger partial charge in [-0.2, -0.15) is 5.10 Å². The molecule has 0 fully saturated rings. The number of nitrogens with zero attached hydrogens (tertiary/aromatic N) is 3. The molecular weight excluding hydrogens is 188 g/mol. The zero-order valence-electron chi connectivity index (χ0n) is 9.14. The van der Waals surface area contributed by atoms with Crippen molar-refractivity contribution in [2.24, 2.45) is 5.73 Å². The Kier molecular flexibility index (Phi) is 2.68. The second kappa shape index (κ2) is 3.98. The molecule has 2 heterocycles. The molecule has 0 saturated heterocycles. The number of hydrogen-bond acceptors (Lipinski definition) is 3. The molecule has 0 radical (unpaired) electrons. The summed E-state index contributed by atoms with van der Waals surface area (Å²) < 4.78 is 1.81. The Morgan fingerprint density at radius 1 is 1.47 bits per heavy atom. The fourth-order valence-corrected chi connectivity index (χ4v) is 1.67. The van der Waals surface area contributed by atoms with Crippen LogP contribution < -0.4 is 5.73 Å². The van der Waals surface area contributed by atoms with E-state index >= 15 is 0 Å². The SMILES string of the molecule is CCCc1cnc2c(C(C)N)cnn2c1. The van der Waals surface area contributed by atoms with E-state index in [0.29, 0.717) is 0 Å². The van der Waals surface area contributed by atoms with Crippen LogP contribution in [0.25, 0.3) is 5.65 Å². The van der Waals surface area contributed by atoms with Crippen LogP contribution in [0.2, 0.25) is 0 Å². The second-order valence-corrected chi connectivity index (χ2v) is 3.87. The summed E-state index contributed by atoms with van der Waals surface area (Å²) in [6.07, 6.45) is 7.89. The normalized spacial score (nSPS) is 13.3. The van der Waals surface area contributed by atoms with Crippen LogP contribution in [-0.4, -0.2) is 14.6 Å². The van der Waals surface area contributed by atoms with E-state index in [4.69, 9.17) is 5.73 Å². The minimum atomic E-state index is -0.0213. The topological polar surface area (TPSA) is 56.2 Å². The van der Waals surface area contributed by atoms with Crippen molar-refractivity contribution in [2.75, 3.05) is 0 Å². The zero-order chi connectivity index (χ0) is 10.8. The molecule has 2 aromatic heterocycles. The third-order valence-electron chi connectivity index (χ3n) is 2.47. The molecule has 2 rings (SSSR count). The number of nitrogens with two attached hydrogens (primary N) is 1. The van der Waals surface area contributed by atoms with Gasteiger partial charge < -0.3 is 5.73 Å². The fraction of sp³-hybridized carbons (Fsp3) is 0.455. The van der Waals surface area contributed by atoms with Crippen LogP contribution in [0, 0.1) is 0 Å². The highest BCUT2D eigenvalue weighted by molar-refractivity contribution is 5.47. The predicted molar refractivity (Wildman–Crippen MR) is 59.6 cm³/mol. The third kappa shape index (κ3) is 1.85. The third-order valence-corrected chi connectivity index (χ3v) is 2.47. The smallest absolute Gasteiger partial charge is 0.159 e. The lowest BCUT2D eigenvalue weighted by Gasteiger charge is -2.02. The molecule has 0 aromatic carbocycles. The number of hydrogen-bond donors (Lipinski definition) is 1. The Balaban J connectivity index is 2.47. The van der Waals surface area contributed by atoms with Crippen LogP contribution in [0.15, 0.2) is 18.6 Å². The van der Waals surface area contributed by atoms with Gasteiger partial charge in [0.25, 0.3) is 0 Å². The average molecular weight is 204 g/mol. The fourth-order valence-electron chi connectivity index (χ4n) is 1.67. The van der Waals surface area contributed by atoms with E-state index in [0.717, 1.165) is 24.1 Å². The van der Waals surface area contributed by atoms with Crippen molar-refractivity contribution in [3.05, 3.63) is 29.7 Å². The predicted octanol–water partition coefficient (Wildman–Crippen LogP) is 1.70. The van der Waals surface area contributed by atoms with Gasteiger partial charge in [-0.1, -0.05) is 13.3 Å². The summed E-state index contributed by atoms with van der Waals surface area (Å²) in [7, 11) is 0. The van der Waals surface area contributed by atoms with Gasteiger partial charge >= 0.3 is 0 Å². The molecule has 0 aliphatic rings. The summed E-state index contributed by atoms with van der Waals surface area (Å²) in [6.45, 7) is 4.10. The largest absolute Gasteiger partial charge is 0.324 e. The summed E-state index contributed by atoms with van der Waals surface area (Å²) in [6, 6.07) is -0.0213. The Morgan fingerprint density at radius 3 is 2.93 bits per heavy atom. The summed E-state index contributed by atoms with van der Waals surface area (Å²) in [4.78, 5) is 4.40. The highest BCUT2D eigenvalue weighted by Crippen LogP contribution is 2.15. The first-order chi connectivity index (χ1) is 7.22. The van der Waals surface area contributed by atoms with Crippen LogP contribution >= 0.6 is 0 Å². The molecule has 0 aliphatic carbocycles. The monoisotopic (exact) mass is 204 g/mol. The van der Waals surface area contributed by atoms with Crippen molar-refractivity contribution in [1.29, 1.82) is 0 Å². The van der Waals surface area contributed by atoms with E-state index in [2.05, 4.69) is 17.0 Å². The number of aryl methyl sites for hydroxylation is 1. The summed E-state index contributed by atoms with van der Waals surface area (Å²) in [5, 5.41) is 4.26. The second-order valence-electron chi connectivity index (χ2n) is 3.87. The molecule has 0 aliphatic heterocycles. The van der Waals surface area contributed by atoms with Crippen molar-refractivity contribution in [3.8, 4) is 0 Å². The maximum Gasteiger partial charge on any atom is 0.159 e. The molecule has 0 bridgehead atoms. The number of rotatable bonds is 3. The molecule has 1 unspecified atom stereocenters. The van der Waals surface area contributed by atoms with Gasteiger partial charge in [0.2, 0.25) is 0 Å². The lowest BCUT2D eigenvalue weighted by molar-refractivity contribution is 0.821. The van der Waals surface area contributed by atoms with Gasteiger partial charge in [0.15, 0.2) is 5.65 Å². The average Bonchev–Trinajstić information content (AvgIpc) is 2.61. The van der Waals surface area contributed by atoms with E-state index in [1.165, 1.54) is 5.56 Å². The van der Waals surface area contributed by atoms with E-state index in [1.807, 2.05) is 23.8 Å². The zero-order valence-corrected chi connectivity index (χ0v) is 9.14.